The molecule has 2 fully saturated rings. The van der Waals surface area contributed by atoms with Crippen molar-refractivity contribution in [3.63, 3.8) is 0 Å². The van der Waals surface area contributed by atoms with Gasteiger partial charge in [-0.3, -0.25) is 24.0 Å². The van der Waals surface area contributed by atoms with Crippen LogP contribution in [0.4, 0.5) is 0 Å². The van der Waals surface area contributed by atoms with Crippen LogP contribution < -0.4 is 16.0 Å². The van der Waals surface area contributed by atoms with Crippen LogP contribution in [0.2, 0.25) is 0 Å². The molecular formula is C43H78N4O7. The number of aliphatic hydroxyl groups is 1. The van der Waals surface area contributed by atoms with Gasteiger partial charge < -0.3 is 30.7 Å². The van der Waals surface area contributed by atoms with Crippen molar-refractivity contribution in [2.45, 2.75) is 201 Å². The fourth-order valence-electron chi connectivity index (χ4n) is 8.49. The third kappa shape index (κ3) is 13.0. The topological polar surface area (TPSA) is 157 Å². The number of Topliss-reactive ketones (excluding diaryl/α,β-unsaturated/α-hetero) is 1. The molecule has 10 atom stereocenters. The number of likely N-dealkylation sites (N-methyl/N-ethyl adjacent to an activating group) is 1. The van der Waals surface area contributed by atoms with E-state index in [4.69, 9.17) is 4.74 Å². The number of carbonyl (C=O) groups excluding carboxylic acids is 5. The first-order chi connectivity index (χ1) is 25.4. The summed E-state index contributed by atoms with van der Waals surface area (Å²) in [6.07, 6.45) is 13.2. The number of hydrogen-bond donors (Lipinski definition) is 4. The maximum atomic E-state index is 14.9. The van der Waals surface area contributed by atoms with Crippen LogP contribution in [-0.4, -0.2) is 88.9 Å². The van der Waals surface area contributed by atoms with E-state index in [9.17, 15) is 29.1 Å². The van der Waals surface area contributed by atoms with Gasteiger partial charge >= 0.3 is 0 Å². The fraction of sp³-hybridized carbons (Fsp3) is 0.884. The summed E-state index contributed by atoms with van der Waals surface area (Å²) in [6.45, 7) is 19.0. The largest absolute Gasteiger partial charge is 0.391 e. The molecule has 1 aliphatic heterocycles. The summed E-state index contributed by atoms with van der Waals surface area (Å²) >= 11 is 0. The van der Waals surface area contributed by atoms with Crippen LogP contribution in [0.1, 0.15) is 166 Å². The molecule has 2 aliphatic rings. The lowest BCUT2D eigenvalue weighted by Gasteiger charge is -2.47. The molecule has 2 rings (SSSR count). The predicted octanol–water partition coefficient (Wildman–Crippen LogP) is 6.48. The number of rotatable bonds is 17. The number of aliphatic hydroxyl groups excluding tert-OH is 1. The first-order valence-electron chi connectivity index (χ1n) is 21.4. The average Bonchev–Trinajstić information content (AvgIpc) is 3.87. The van der Waals surface area contributed by atoms with Crippen molar-refractivity contribution in [3.8, 4) is 0 Å². The van der Waals surface area contributed by atoms with Crippen LogP contribution in [-0.2, 0) is 28.7 Å². The molecule has 1 saturated carbocycles. The van der Waals surface area contributed by atoms with Crippen LogP contribution in [0, 0.1) is 29.1 Å². The Morgan fingerprint density at radius 1 is 0.759 bits per heavy atom. The molecule has 4 amide bonds. The first kappa shape index (κ1) is 47.6. The van der Waals surface area contributed by atoms with Gasteiger partial charge in [-0.1, -0.05) is 126 Å². The highest BCUT2D eigenvalue weighted by Crippen LogP contribution is 2.49. The summed E-state index contributed by atoms with van der Waals surface area (Å²) < 4.78 is 5.83. The van der Waals surface area contributed by atoms with Crippen molar-refractivity contribution in [1.82, 2.24) is 20.9 Å². The standard InChI is InChI=1S/C43H78N4O7/c1-12-29(5)35(45-40(52)37(30(6)13-2)47(11)33(9)49)38(50)46-36(32(8)48)39(51)44-34(26-28(3)4)43(41(53)42(10)27-54-42)25-23-21-19-17-15-14-16-18-20-22-24-31(43)7/h28-32,34-37,48H,12-27H2,1-11H3,(H,44,51)(H,45,52)(H,46,50)/t29?,30?,31?,32?,34-,35-,36-,37-,42+,43?/m0/s1. The van der Waals surface area contributed by atoms with Gasteiger partial charge in [-0.25, -0.2) is 0 Å². The van der Waals surface area contributed by atoms with E-state index in [1.54, 1.807) is 7.05 Å². The number of nitrogens with one attached hydrogen (secondary N) is 3. The maximum absolute atomic E-state index is 14.9. The third-order valence-corrected chi connectivity index (χ3v) is 12.7. The van der Waals surface area contributed by atoms with Crippen molar-refractivity contribution in [2.24, 2.45) is 29.1 Å². The van der Waals surface area contributed by atoms with Crippen LogP contribution in [0.3, 0.4) is 0 Å². The Kier molecular flexibility index (Phi) is 19.6. The van der Waals surface area contributed by atoms with Gasteiger partial charge in [0.1, 0.15) is 23.7 Å². The summed E-state index contributed by atoms with van der Waals surface area (Å²) in [5.41, 5.74) is -1.80. The zero-order valence-electron chi connectivity index (χ0n) is 35.9. The molecule has 54 heavy (non-hydrogen) atoms. The molecular weight excluding hydrogens is 684 g/mol. The molecule has 1 aliphatic carbocycles. The van der Waals surface area contributed by atoms with Crippen LogP contribution in [0.15, 0.2) is 0 Å². The highest BCUT2D eigenvalue weighted by molar-refractivity contribution is 5.97. The number of carbonyl (C=O) groups is 5. The minimum atomic E-state index is -1.34. The van der Waals surface area contributed by atoms with E-state index < -0.39 is 59.0 Å². The molecule has 0 spiro atoms. The zero-order valence-corrected chi connectivity index (χ0v) is 35.9. The van der Waals surface area contributed by atoms with Gasteiger partial charge in [0.2, 0.25) is 23.6 Å². The summed E-state index contributed by atoms with van der Waals surface area (Å²) in [6, 6.07) is -3.70. The van der Waals surface area contributed by atoms with E-state index in [1.165, 1.54) is 50.9 Å². The number of hydrogen-bond acceptors (Lipinski definition) is 7. The van der Waals surface area contributed by atoms with E-state index in [0.29, 0.717) is 32.3 Å². The molecule has 11 heteroatoms. The fourth-order valence-corrected chi connectivity index (χ4v) is 8.49. The van der Waals surface area contributed by atoms with Crippen molar-refractivity contribution in [2.75, 3.05) is 13.7 Å². The lowest BCUT2D eigenvalue weighted by molar-refractivity contribution is -0.144. The second kappa shape index (κ2) is 22.3. The number of amides is 4. The molecule has 0 radical (unpaired) electrons. The molecule has 4 N–H and O–H groups in total. The van der Waals surface area contributed by atoms with Crippen molar-refractivity contribution < 1.29 is 33.8 Å². The smallest absolute Gasteiger partial charge is 0.245 e. The van der Waals surface area contributed by atoms with Gasteiger partial charge in [-0.2, -0.15) is 0 Å². The van der Waals surface area contributed by atoms with Crippen LogP contribution >= 0.6 is 0 Å². The van der Waals surface area contributed by atoms with Gasteiger partial charge in [0.05, 0.1) is 18.1 Å². The molecule has 0 aromatic heterocycles. The van der Waals surface area contributed by atoms with Crippen molar-refractivity contribution >= 4 is 29.4 Å². The molecule has 1 saturated heterocycles. The normalized spacial score (nSPS) is 26.8. The van der Waals surface area contributed by atoms with Gasteiger partial charge in [-0.15, -0.1) is 0 Å². The Morgan fingerprint density at radius 2 is 1.24 bits per heavy atom. The van der Waals surface area contributed by atoms with Gasteiger partial charge in [-0.05, 0) is 56.8 Å². The summed E-state index contributed by atoms with van der Waals surface area (Å²) in [7, 11) is 1.58. The van der Waals surface area contributed by atoms with Gasteiger partial charge in [0.25, 0.3) is 0 Å². The molecule has 1 heterocycles. The van der Waals surface area contributed by atoms with Crippen molar-refractivity contribution in [3.05, 3.63) is 0 Å². The number of ether oxygens (including phenoxy) is 1. The minimum Gasteiger partial charge on any atom is -0.391 e. The molecule has 0 bridgehead atoms. The third-order valence-electron chi connectivity index (χ3n) is 12.7. The van der Waals surface area contributed by atoms with E-state index >= 15 is 0 Å². The van der Waals surface area contributed by atoms with E-state index in [1.807, 2.05) is 34.6 Å². The Balaban J connectivity index is 2.51. The second-order valence-corrected chi connectivity index (χ2v) is 17.6. The summed E-state index contributed by atoms with van der Waals surface area (Å²) in [5.74, 6) is -2.19. The molecule has 0 aromatic rings. The Labute approximate surface area is 327 Å². The number of epoxide rings is 1. The molecule has 11 nitrogen and oxygen atoms in total. The number of ketones is 1. The van der Waals surface area contributed by atoms with Gasteiger partial charge in [0, 0.05) is 20.0 Å². The Hall–Kier alpha value is -2.53. The quantitative estimate of drug-likeness (QED) is 0.124. The van der Waals surface area contributed by atoms with E-state index in [0.717, 1.165) is 38.5 Å². The summed E-state index contributed by atoms with van der Waals surface area (Å²) in [5, 5.41) is 20.0. The second-order valence-electron chi connectivity index (χ2n) is 17.6. The predicted molar refractivity (Wildman–Crippen MR) is 214 cm³/mol. The number of nitrogens with zero attached hydrogens (tertiary/aromatic N) is 1. The highest BCUT2D eigenvalue weighted by Gasteiger charge is 2.60. The van der Waals surface area contributed by atoms with Crippen LogP contribution in [0.5, 0.6) is 0 Å². The van der Waals surface area contributed by atoms with E-state index in [2.05, 4.69) is 36.7 Å². The summed E-state index contributed by atoms with van der Waals surface area (Å²) in [4.78, 5) is 70.9. The highest BCUT2D eigenvalue weighted by atomic mass is 16.6. The average molecular weight is 763 g/mol. The lowest BCUT2D eigenvalue weighted by Crippen LogP contribution is -2.64. The molecule has 0 aromatic carbocycles. The monoisotopic (exact) mass is 763 g/mol. The van der Waals surface area contributed by atoms with Gasteiger partial charge in [0.15, 0.2) is 5.78 Å². The molecule has 312 valence electrons. The maximum Gasteiger partial charge on any atom is 0.245 e. The van der Waals surface area contributed by atoms with Crippen LogP contribution in [0.25, 0.3) is 0 Å². The van der Waals surface area contributed by atoms with Crippen molar-refractivity contribution in [1.29, 1.82) is 0 Å². The lowest BCUT2D eigenvalue weighted by atomic mass is 9.59. The Bertz CT molecular complexity index is 1220. The Morgan fingerprint density at radius 3 is 1.70 bits per heavy atom. The first-order valence-corrected chi connectivity index (χ1v) is 21.4. The van der Waals surface area contributed by atoms with E-state index in [-0.39, 0.29) is 35.4 Å². The minimum absolute atomic E-state index is 0.0332. The zero-order chi connectivity index (χ0) is 40.8. The molecule has 5 unspecified atom stereocenters. The SMILES string of the molecule is CCC(C)[C@H](NC(=O)[C@H](C(C)CC)N(C)C(C)=O)C(=O)N[C@H](C(=O)N[C@@H](CC(C)C)C1(C(=O)[C@@]2(C)CO2)CCCCCCCCCCCCC1C)C(C)O.